The predicted molar refractivity (Wildman–Crippen MR) is 112 cm³/mol. The van der Waals surface area contributed by atoms with Gasteiger partial charge in [-0.3, -0.25) is 4.79 Å². The first-order valence-electron chi connectivity index (χ1n) is 10.4. The Morgan fingerprint density at radius 2 is 1.77 bits per heavy atom. The monoisotopic (exact) mass is 458 g/mol. The van der Waals surface area contributed by atoms with Crippen molar-refractivity contribution in [2.45, 2.75) is 44.9 Å². The van der Waals surface area contributed by atoms with Crippen LogP contribution < -0.4 is 9.46 Å². The highest BCUT2D eigenvalue weighted by atomic mass is 35.5. The SMILES string of the molecule is CN(C)S(=O)(=O)NC(=O)c1cc(Cl)c(OCCC23CC4CC(CC(C4)C2)C3)cc1F. The summed E-state index contributed by atoms with van der Waals surface area (Å²) >= 11 is 6.20. The fourth-order valence-corrected chi connectivity index (χ4v) is 6.80. The molecule has 4 fully saturated rings. The molecule has 0 radical (unpaired) electrons. The molecule has 1 amide bonds. The average Bonchev–Trinajstić information content (AvgIpc) is 2.62. The molecule has 4 aliphatic rings. The quantitative estimate of drug-likeness (QED) is 0.670. The molecule has 0 saturated heterocycles. The standard InChI is InChI=1S/C21H28ClFN2O4S/c1-25(2)30(27,28)24-20(26)16-8-17(22)19(9-18(16)23)29-4-3-21-10-13-5-14(11-21)7-15(6-13)12-21/h8-9,13-15H,3-7,10-12H2,1-2H3,(H,24,26). The van der Waals surface area contributed by atoms with Gasteiger partial charge in [0.05, 0.1) is 17.2 Å². The molecule has 4 bridgehead atoms. The van der Waals surface area contributed by atoms with E-state index in [1.54, 1.807) is 4.72 Å². The Morgan fingerprint density at radius 3 is 2.30 bits per heavy atom. The van der Waals surface area contributed by atoms with E-state index in [0.29, 0.717) is 12.0 Å². The third-order valence-corrected chi connectivity index (χ3v) is 8.72. The first kappa shape index (κ1) is 21.8. The molecule has 1 N–H and O–H groups in total. The molecule has 4 aliphatic carbocycles. The van der Waals surface area contributed by atoms with Gasteiger partial charge in [-0.15, -0.1) is 0 Å². The van der Waals surface area contributed by atoms with E-state index < -0.39 is 27.5 Å². The minimum atomic E-state index is -4.03. The molecule has 0 aromatic heterocycles. The zero-order valence-electron chi connectivity index (χ0n) is 17.3. The lowest BCUT2D eigenvalue weighted by Gasteiger charge is -2.57. The van der Waals surface area contributed by atoms with Crippen LogP contribution in [-0.2, 0) is 10.2 Å². The molecule has 0 unspecified atom stereocenters. The van der Waals surface area contributed by atoms with E-state index in [2.05, 4.69) is 0 Å². The maximum absolute atomic E-state index is 14.5. The summed E-state index contributed by atoms with van der Waals surface area (Å²) in [6, 6.07) is 2.16. The van der Waals surface area contributed by atoms with Gasteiger partial charge in [-0.05, 0) is 74.2 Å². The number of hydrogen-bond acceptors (Lipinski definition) is 4. The van der Waals surface area contributed by atoms with Gasteiger partial charge >= 0.3 is 10.2 Å². The number of amides is 1. The number of hydrogen-bond donors (Lipinski definition) is 1. The van der Waals surface area contributed by atoms with Gasteiger partial charge in [0.2, 0.25) is 0 Å². The van der Waals surface area contributed by atoms with Crippen LogP contribution in [0.1, 0.15) is 55.3 Å². The summed E-state index contributed by atoms with van der Waals surface area (Å²) in [6.45, 7) is 0.450. The van der Waals surface area contributed by atoms with Gasteiger partial charge in [-0.2, -0.15) is 12.7 Å². The molecule has 30 heavy (non-hydrogen) atoms. The van der Waals surface area contributed by atoms with Crippen molar-refractivity contribution in [3.05, 3.63) is 28.5 Å². The summed E-state index contributed by atoms with van der Waals surface area (Å²) in [5.74, 6) is 0.778. The van der Waals surface area contributed by atoms with E-state index in [4.69, 9.17) is 16.3 Å². The molecule has 6 nitrogen and oxygen atoms in total. The third-order valence-electron chi connectivity index (χ3n) is 7.02. The molecule has 0 spiro atoms. The van der Waals surface area contributed by atoms with Crippen LogP contribution in [0.4, 0.5) is 4.39 Å². The lowest BCUT2D eigenvalue weighted by atomic mass is 9.49. The van der Waals surface area contributed by atoms with Crippen LogP contribution in [0.15, 0.2) is 12.1 Å². The van der Waals surface area contributed by atoms with Gasteiger partial charge in [0.15, 0.2) is 0 Å². The Kier molecular flexibility index (Phi) is 5.79. The minimum absolute atomic E-state index is 0.0781. The van der Waals surface area contributed by atoms with E-state index in [0.717, 1.165) is 40.6 Å². The molecule has 1 aromatic rings. The average molecular weight is 459 g/mol. The predicted octanol–water partition coefficient (Wildman–Crippen LogP) is 4.00. The molecule has 0 aliphatic heterocycles. The van der Waals surface area contributed by atoms with Crippen molar-refractivity contribution < 1.29 is 22.3 Å². The van der Waals surface area contributed by atoms with Crippen LogP contribution in [0.3, 0.4) is 0 Å². The van der Waals surface area contributed by atoms with Crippen molar-refractivity contribution in [3.63, 3.8) is 0 Å². The maximum atomic E-state index is 14.5. The second-order valence-corrected chi connectivity index (χ2v) is 11.8. The van der Waals surface area contributed by atoms with Crippen LogP contribution >= 0.6 is 11.6 Å². The molecule has 9 heteroatoms. The number of nitrogens with one attached hydrogen (secondary N) is 1. The van der Waals surface area contributed by atoms with Crippen molar-refractivity contribution in [3.8, 4) is 5.75 Å². The molecular formula is C21H28ClFN2O4S. The van der Waals surface area contributed by atoms with Gasteiger partial charge in [0.1, 0.15) is 11.6 Å². The molecule has 4 saturated carbocycles. The van der Waals surface area contributed by atoms with Crippen molar-refractivity contribution in [2.24, 2.45) is 23.2 Å². The summed E-state index contributed by atoms with van der Waals surface area (Å²) in [4.78, 5) is 12.2. The van der Waals surface area contributed by atoms with Gasteiger partial charge in [0.25, 0.3) is 5.91 Å². The van der Waals surface area contributed by atoms with E-state index >= 15 is 0 Å². The number of halogens is 2. The third kappa shape index (κ3) is 4.32. The van der Waals surface area contributed by atoms with Gasteiger partial charge in [0, 0.05) is 20.2 Å². The number of ether oxygens (including phenoxy) is 1. The van der Waals surface area contributed by atoms with Crippen LogP contribution in [0.25, 0.3) is 0 Å². The second kappa shape index (κ2) is 7.95. The Morgan fingerprint density at radius 1 is 1.20 bits per heavy atom. The second-order valence-electron chi connectivity index (χ2n) is 9.50. The van der Waals surface area contributed by atoms with E-state index in [9.17, 15) is 17.6 Å². The number of carbonyl (C=O) groups excluding carboxylic acids is 1. The Hall–Kier alpha value is -1.38. The van der Waals surface area contributed by atoms with E-state index in [1.165, 1.54) is 52.6 Å². The van der Waals surface area contributed by atoms with E-state index in [1.807, 2.05) is 0 Å². The highest BCUT2D eigenvalue weighted by molar-refractivity contribution is 7.87. The van der Waals surface area contributed by atoms with Gasteiger partial charge in [-0.1, -0.05) is 11.6 Å². The Labute approximate surface area is 182 Å². The van der Waals surface area contributed by atoms with Crippen molar-refractivity contribution in [1.29, 1.82) is 0 Å². The fourth-order valence-electron chi connectivity index (χ4n) is 6.05. The van der Waals surface area contributed by atoms with Crippen LogP contribution in [0.5, 0.6) is 5.75 Å². The number of carbonyl (C=O) groups is 1. The number of nitrogens with zero attached hydrogens (tertiary/aromatic N) is 1. The fraction of sp³-hybridized carbons (Fsp3) is 0.667. The van der Waals surface area contributed by atoms with Gasteiger partial charge in [-0.25, -0.2) is 9.11 Å². The Balaban J connectivity index is 1.40. The molecule has 0 atom stereocenters. The van der Waals surface area contributed by atoms with Crippen LogP contribution in [0.2, 0.25) is 5.02 Å². The molecule has 1 aromatic carbocycles. The van der Waals surface area contributed by atoms with Crippen LogP contribution in [-0.4, -0.2) is 39.3 Å². The van der Waals surface area contributed by atoms with Gasteiger partial charge < -0.3 is 4.74 Å². The number of rotatable bonds is 7. The minimum Gasteiger partial charge on any atom is -0.492 e. The Bertz CT molecular complexity index is 915. The molecule has 5 rings (SSSR count). The summed E-state index contributed by atoms with van der Waals surface area (Å²) in [7, 11) is -1.50. The summed E-state index contributed by atoms with van der Waals surface area (Å²) < 4.78 is 46.5. The lowest BCUT2D eigenvalue weighted by Crippen LogP contribution is -2.46. The molecular weight excluding hydrogens is 431 g/mol. The summed E-state index contributed by atoms with van der Waals surface area (Å²) in [5, 5.41) is 0.0781. The lowest BCUT2D eigenvalue weighted by molar-refractivity contribution is -0.0622. The van der Waals surface area contributed by atoms with Crippen LogP contribution in [0, 0.1) is 29.0 Å². The van der Waals surface area contributed by atoms with Crippen molar-refractivity contribution in [1.82, 2.24) is 9.03 Å². The first-order valence-corrected chi connectivity index (χ1v) is 12.3. The topological polar surface area (TPSA) is 75.7 Å². The smallest absolute Gasteiger partial charge is 0.303 e. The summed E-state index contributed by atoms with van der Waals surface area (Å²) in [6.07, 6.45) is 8.87. The number of benzene rings is 1. The van der Waals surface area contributed by atoms with Crippen molar-refractivity contribution in [2.75, 3.05) is 20.7 Å². The molecule has 0 heterocycles. The van der Waals surface area contributed by atoms with Crippen molar-refractivity contribution >= 4 is 27.7 Å². The maximum Gasteiger partial charge on any atom is 0.303 e. The van der Waals surface area contributed by atoms with E-state index in [-0.39, 0.29) is 10.8 Å². The largest absolute Gasteiger partial charge is 0.492 e. The normalized spacial score (nSPS) is 30.0. The zero-order valence-corrected chi connectivity index (χ0v) is 18.9. The first-order chi connectivity index (χ1) is 14.1. The zero-order chi connectivity index (χ0) is 21.7. The highest BCUT2D eigenvalue weighted by Gasteiger charge is 2.50. The molecule has 166 valence electrons. The highest BCUT2D eigenvalue weighted by Crippen LogP contribution is 2.61. The summed E-state index contributed by atoms with van der Waals surface area (Å²) in [5.41, 5.74) is -0.0981.